The van der Waals surface area contributed by atoms with Crippen molar-refractivity contribution in [2.45, 2.75) is 18.6 Å². The Bertz CT molecular complexity index is 1460. The molecule has 0 spiro atoms. The molecule has 5 rings (SSSR count). The Morgan fingerprint density at radius 1 is 1.16 bits per heavy atom. The highest BCUT2D eigenvalue weighted by molar-refractivity contribution is 7.99. The average Bonchev–Trinajstić information content (AvgIpc) is 3.34. The number of aryl methyl sites for hydroxylation is 1. The number of morpholine rings is 1. The Hall–Kier alpha value is -3.83. The molecule has 11 heteroatoms. The lowest BCUT2D eigenvalue weighted by Gasteiger charge is -2.29. The molecule has 37 heavy (non-hydrogen) atoms. The summed E-state index contributed by atoms with van der Waals surface area (Å²) in [6, 6.07) is 15.1. The second-order valence-electron chi connectivity index (χ2n) is 8.71. The van der Waals surface area contributed by atoms with Gasteiger partial charge in [0.15, 0.2) is 11.0 Å². The Balaban J connectivity index is 1.46. The van der Waals surface area contributed by atoms with Gasteiger partial charge in [-0.1, -0.05) is 23.9 Å². The van der Waals surface area contributed by atoms with E-state index in [0.29, 0.717) is 41.6 Å². The number of amides is 1. The van der Waals surface area contributed by atoms with E-state index in [1.165, 1.54) is 11.8 Å². The molecule has 2 N–H and O–H groups in total. The van der Waals surface area contributed by atoms with Gasteiger partial charge in [-0.2, -0.15) is 5.10 Å². The lowest BCUT2D eigenvalue weighted by Crippen LogP contribution is -2.36. The number of carbonyl (C=O) groups excluding carboxylic acids is 1. The number of methoxy groups -OCH3 is 1. The predicted molar refractivity (Wildman–Crippen MR) is 144 cm³/mol. The number of thioether (sulfide) groups is 1. The van der Waals surface area contributed by atoms with Crippen LogP contribution in [-0.2, 0) is 16.1 Å². The van der Waals surface area contributed by atoms with Crippen LogP contribution in [0.1, 0.15) is 11.3 Å². The quantitative estimate of drug-likeness (QED) is 0.269. The van der Waals surface area contributed by atoms with Crippen molar-refractivity contribution < 1.29 is 14.3 Å². The summed E-state index contributed by atoms with van der Waals surface area (Å²) in [7, 11) is 1.61. The predicted octanol–water partition coefficient (Wildman–Crippen LogP) is 3.05. The average molecular weight is 521 g/mol. The Labute approximate surface area is 218 Å². The molecule has 1 aliphatic rings. The highest BCUT2D eigenvalue weighted by atomic mass is 32.2. The highest BCUT2D eigenvalue weighted by Gasteiger charge is 2.17. The summed E-state index contributed by atoms with van der Waals surface area (Å²) in [5.41, 5.74) is 3.19. The highest BCUT2D eigenvalue weighted by Crippen LogP contribution is 2.24. The second-order valence-corrected chi connectivity index (χ2v) is 9.65. The zero-order valence-electron chi connectivity index (χ0n) is 20.7. The van der Waals surface area contributed by atoms with E-state index >= 15 is 0 Å². The number of hydrogen-bond acceptors (Lipinski definition) is 8. The van der Waals surface area contributed by atoms with Crippen LogP contribution in [0.15, 0.2) is 58.5 Å². The molecule has 1 fully saturated rings. The van der Waals surface area contributed by atoms with E-state index in [4.69, 9.17) is 14.5 Å². The van der Waals surface area contributed by atoms with Crippen molar-refractivity contribution in [3.05, 3.63) is 70.1 Å². The second kappa shape index (κ2) is 11.1. The van der Waals surface area contributed by atoms with Crippen LogP contribution in [0.25, 0.3) is 10.9 Å². The summed E-state index contributed by atoms with van der Waals surface area (Å²) in [4.78, 5) is 33.3. The summed E-state index contributed by atoms with van der Waals surface area (Å²) in [6.45, 7) is 5.05. The summed E-state index contributed by atoms with van der Waals surface area (Å²) < 4.78 is 12.4. The number of benzene rings is 2. The number of anilines is 2. The van der Waals surface area contributed by atoms with Crippen molar-refractivity contribution in [1.29, 1.82) is 0 Å². The smallest absolute Gasteiger partial charge is 0.262 e. The molecule has 192 valence electrons. The molecule has 1 amide bonds. The molecule has 4 aromatic rings. The van der Waals surface area contributed by atoms with Crippen LogP contribution in [0, 0.1) is 6.92 Å². The molecule has 0 atom stereocenters. The van der Waals surface area contributed by atoms with E-state index in [1.807, 2.05) is 49.4 Å². The van der Waals surface area contributed by atoms with Crippen molar-refractivity contribution in [2.24, 2.45) is 0 Å². The van der Waals surface area contributed by atoms with Gasteiger partial charge in [0.2, 0.25) is 5.91 Å². The molecule has 0 saturated carbocycles. The van der Waals surface area contributed by atoms with Gasteiger partial charge >= 0.3 is 0 Å². The topological polar surface area (TPSA) is 114 Å². The maximum Gasteiger partial charge on any atom is 0.262 e. The van der Waals surface area contributed by atoms with Gasteiger partial charge in [0.1, 0.15) is 5.75 Å². The number of aromatic amines is 1. The van der Waals surface area contributed by atoms with Gasteiger partial charge in [-0.15, -0.1) is 0 Å². The lowest BCUT2D eigenvalue weighted by molar-refractivity contribution is -0.113. The van der Waals surface area contributed by atoms with Crippen LogP contribution in [0.2, 0.25) is 0 Å². The summed E-state index contributed by atoms with van der Waals surface area (Å²) in [5, 5.41) is 10.6. The lowest BCUT2D eigenvalue weighted by atomic mass is 10.2. The fraction of sp³-hybridized carbons (Fsp3) is 0.308. The Morgan fingerprint density at radius 2 is 1.95 bits per heavy atom. The van der Waals surface area contributed by atoms with Crippen LogP contribution in [0.3, 0.4) is 0 Å². The van der Waals surface area contributed by atoms with Gasteiger partial charge in [-0.25, -0.2) is 4.98 Å². The number of H-pyrrole nitrogens is 1. The first kappa shape index (κ1) is 24.8. The third kappa shape index (κ3) is 5.78. The van der Waals surface area contributed by atoms with E-state index in [2.05, 4.69) is 20.4 Å². The molecular formula is C26H28N6O4S. The largest absolute Gasteiger partial charge is 0.497 e. The number of rotatable bonds is 8. The Morgan fingerprint density at radius 3 is 2.65 bits per heavy atom. The minimum Gasteiger partial charge on any atom is -0.497 e. The monoisotopic (exact) mass is 520 g/mol. The fourth-order valence-corrected chi connectivity index (χ4v) is 4.96. The van der Waals surface area contributed by atoms with Crippen LogP contribution in [-0.4, -0.2) is 64.8 Å². The van der Waals surface area contributed by atoms with Gasteiger partial charge < -0.3 is 19.7 Å². The van der Waals surface area contributed by atoms with Crippen LogP contribution < -0.4 is 20.5 Å². The first-order chi connectivity index (χ1) is 18.0. The van der Waals surface area contributed by atoms with E-state index < -0.39 is 0 Å². The summed E-state index contributed by atoms with van der Waals surface area (Å²) >= 11 is 1.22. The molecule has 10 nitrogen and oxygen atoms in total. The molecule has 2 aromatic heterocycles. The summed E-state index contributed by atoms with van der Waals surface area (Å²) in [6.07, 6.45) is 0. The number of nitrogens with one attached hydrogen (secondary N) is 2. The van der Waals surface area contributed by atoms with E-state index in [-0.39, 0.29) is 17.2 Å². The first-order valence-electron chi connectivity index (χ1n) is 11.9. The molecule has 2 aromatic carbocycles. The molecule has 1 saturated heterocycles. The maximum absolute atomic E-state index is 13.8. The van der Waals surface area contributed by atoms with Crippen molar-refractivity contribution >= 4 is 40.1 Å². The summed E-state index contributed by atoms with van der Waals surface area (Å²) in [5.74, 6) is 1.05. The van der Waals surface area contributed by atoms with E-state index in [0.717, 1.165) is 35.8 Å². The zero-order chi connectivity index (χ0) is 25.8. The van der Waals surface area contributed by atoms with Crippen molar-refractivity contribution in [1.82, 2.24) is 19.7 Å². The minimum absolute atomic E-state index is 0.0817. The SMILES string of the molecule is COc1ccc(Cn2c(SCC(=O)Nc3cc(C)[nH]n3)nc3ccc(N4CCOCC4)cc3c2=O)cc1. The van der Waals surface area contributed by atoms with Crippen molar-refractivity contribution in [3.63, 3.8) is 0 Å². The van der Waals surface area contributed by atoms with Gasteiger partial charge in [0.05, 0.1) is 43.5 Å². The molecule has 0 radical (unpaired) electrons. The molecule has 0 unspecified atom stereocenters. The van der Waals surface area contributed by atoms with Gasteiger partial charge in [0, 0.05) is 30.5 Å². The molecule has 3 heterocycles. The maximum atomic E-state index is 13.8. The number of hydrogen-bond donors (Lipinski definition) is 2. The third-order valence-electron chi connectivity index (χ3n) is 6.08. The van der Waals surface area contributed by atoms with Gasteiger partial charge in [-0.3, -0.25) is 19.3 Å². The number of aromatic nitrogens is 4. The first-order valence-corrected chi connectivity index (χ1v) is 12.9. The Kier molecular flexibility index (Phi) is 7.42. The van der Waals surface area contributed by atoms with Crippen LogP contribution in [0.4, 0.5) is 11.5 Å². The molecule has 0 bridgehead atoms. The number of ether oxygens (including phenoxy) is 2. The van der Waals surface area contributed by atoms with Gasteiger partial charge in [0.25, 0.3) is 5.56 Å². The number of nitrogens with zero attached hydrogens (tertiary/aromatic N) is 4. The normalized spacial score (nSPS) is 13.6. The third-order valence-corrected chi connectivity index (χ3v) is 7.06. The van der Waals surface area contributed by atoms with E-state index in [1.54, 1.807) is 17.7 Å². The zero-order valence-corrected chi connectivity index (χ0v) is 21.5. The molecular weight excluding hydrogens is 492 g/mol. The van der Waals surface area contributed by atoms with E-state index in [9.17, 15) is 9.59 Å². The molecule has 0 aliphatic carbocycles. The molecule has 1 aliphatic heterocycles. The van der Waals surface area contributed by atoms with Crippen molar-refractivity contribution in [2.75, 3.05) is 49.4 Å². The minimum atomic E-state index is -0.232. The number of carbonyl (C=O) groups is 1. The standard InChI is InChI=1S/C26H28N6O4S/c1-17-13-23(30-29-17)28-24(33)16-37-26-27-22-8-5-19(31-9-11-36-12-10-31)14-21(22)25(34)32(26)15-18-3-6-20(35-2)7-4-18/h3-8,13-14H,9-12,15-16H2,1-2H3,(H2,28,29,30,33). The fourth-order valence-electron chi connectivity index (χ4n) is 4.16. The van der Waals surface area contributed by atoms with Crippen LogP contribution in [0.5, 0.6) is 5.75 Å². The number of fused-ring (bicyclic) bond motifs is 1. The van der Waals surface area contributed by atoms with Crippen molar-refractivity contribution in [3.8, 4) is 5.75 Å². The van der Waals surface area contributed by atoms with Crippen LogP contribution >= 0.6 is 11.8 Å². The van der Waals surface area contributed by atoms with Gasteiger partial charge in [-0.05, 0) is 42.8 Å².